The van der Waals surface area contributed by atoms with Gasteiger partial charge in [-0.3, -0.25) is 0 Å². The molecular weight excluding hydrogens is 256 g/mol. The molecule has 1 fully saturated rings. The molecule has 5 heteroatoms. The molecule has 0 aliphatic carbocycles. The van der Waals surface area contributed by atoms with Crippen molar-refractivity contribution < 1.29 is 14.7 Å². The molecule has 0 spiro atoms. The third-order valence-electron chi connectivity index (χ3n) is 4.06. The largest absolute Gasteiger partial charge is 0.480 e. The van der Waals surface area contributed by atoms with E-state index in [4.69, 9.17) is 0 Å². The lowest BCUT2D eigenvalue weighted by Crippen LogP contribution is -2.52. The van der Waals surface area contributed by atoms with Crippen LogP contribution in [0.25, 0.3) is 0 Å². The van der Waals surface area contributed by atoms with Crippen molar-refractivity contribution in [3.63, 3.8) is 0 Å². The maximum atomic E-state index is 12.4. The Morgan fingerprint density at radius 1 is 1.30 bits per heavy atom. The van der Waals surface area contributed by atoms with Crippen LogP contribution in [0.2, 0.25) is 0 Å². The van der Waals surface area contributed by atoms with Gasteiger partial charge in [-0.05, 0) is 44.7 Å². The van der Waals surface area contributed by atoms with E-state index in [-0.39, 0.29) is 6.03 Å². The van der Waals surface area contributed by atoms with Gasteiger partial charge in [-0.25, -0.2) is 9.59 Å². The minimum Gasteiger partial charge on any atom is -0.480 e. The number of benzene rings is 1. The summed E-state index contributed by atoms with van der Waals surface area (Å²) in [5, 5.41) is 12.2. The van der Waals surface area contributed by atoms with Crippen LogP contribution >= 0.6 is 0 Å². The monoisotopic (exact) mass is 276 g/mol. The SMILES string of the molecule is Cc1cccc(C)c1NC(=O)N1CCCC1(C)C(=O)O. The quantitative estimate of drug-likeness (QED) is 0.872. The molecule has 0 radical (unpaired) electrons. The third kappa shape index (κ3) is 2.35. The first-order valence-corrected chi connectivity index (χ1v) is 6.74. The zero-order chi connectivity index (χ0) is 14.9. The Balaban J connectivity index is 2.23. The molecule has 2 amide bonds. The van der Waals surface area contributed by atoms with Crippen LogP contribution in [0.15, 0.2) is 18.2 Å². The third-order valence-corrected chi connectivity index (χ3v) is 4.06. The summed E-state index contributed by atoms with van der Waals surface area (Å²) in [5.74, 6) is -0.952. The molecule has 1 atom stereocenters. The minimum atomic E-state index is -1.11. The van der Waals surface area contributed by atoms with Gasteiger partial charge in [0.2, 0.25) is 0 Å². The van der Waals surface area contributed by atoms with Gasteiger partial charge in [0.15, 0.2) is 0 Å². The first kappa shape index (κ1) is 14.4. The number of likely N-dealkylation sites (tertiary alicyclic amines) is 1. The van der Waals surface area contributed by atoms with Gasteiger partial charge in [-0.15, -0.1) is 0 Å². The van der Waals surface area contributed by atoms with Crippen LogP contribution in [0.1, 0.15) is 30.9 Å². The summed E-state index contributed by atoms with van der Waals surface area (Å²) in [6, 6.07) is 5.42. The summed E-state index contributed by atoms with van der Waals surface area (Å²) >= 11 is 0. The number of amides is 2. The number of aliphatic carboxylic acids is 1. The Bertz CT molecular complexity index is 536. The van der Waals surface area contributed by atoms with Gasteiger partial charge in [0.1, 0.15) is 5.54 Å². The predicted octanol–water partition coefficient (Wildman–Crippen LogP) is 2.77. The number of carboxylic acids is 1. The van der Waals surface area contributed by atoms with E-state index in [0.717, 1.165) is 16.8 Å². The highest BCUT2D eigenvalue weighted by Crippen LogP contribution is 2.30. The molecule has 0 bridgehead atoms. The molecule has 5 nitrogen and oxygen atoms in total. The van der Waals surface area contributed by atoms with E-state index >= 15 is 0 Å². The first-order valence-electron chi connectivity index (χ1n) is 6.74. The molecule has 2 rings (SSSR count). The van der Waals surface area contributed by atoms with Gasteiger partial charge in [-0.2, -0.15) is 0 Å². The molecule has 1 aliphatic heterocycles. The summed E-state index contributed by atoms with van der Waals surface area (Å²) in [6.45, 7) is 5.91. The van der Waals surface area contributed by atoms with E-state index < -0.39 is 11.5 Å². The average molecular weight is 276 g/mol. The van der Waals surface area contributed by atoms with E-state index in [1.54, 1.807) is 6.92 Å². The molecule has 1 saturated heterocycles. The second-order valence-electron chi connectivity index (χ2n) is 5.53. The Morgan fingerprint density at radius 2 is 1.90 bits per heavy atom. The highest BCUT2D eigenvalue weighted by molar-refractivity contribution is 5.95. The number of anilines is 1. The van der Waals surface area contributed by atoms with Gasteiger partial charge in [0, 0.05) is 12.2 Å². The molecule has 0 saturated carbocycles. The van der Waals surface area contributed by atoms with Crippen molar-refractivity contribution >= 4 is 17.7 Å². The van der Waals surface area contributed by atoms with Crippen LogP contribution in [0.5, 0.6) is 0 Å². The number of rotatable bonds is 2. The Hall–Kier alpha value is -2.04. The molecular formula is C15H20N2O3. The lowest BCUT2D eigenvalue weighted by atomic mass is 10.00. The minimum absolute atomic E-state index is 0.343. The zero-order valence-corrected chi connectivity index (χ0v) is 12.1. The molecule has 1 heterocycles. The summed E-state index contributed by atoms with van der Waals surface area (Å²) in [4.78, 5) is 25.2. The van der Waals surface area contributed by atoms with Crippen LogP contribution in [-0.2, 0) is 4.79 Å². The molecule has 1 unspecified atom stereocenters. The Morgan fingerprint density at radius 3 is 2.45 bits per heavy atom. The Kier molecular flexibility index (Phi) is 3.70. The predicted molar refractivity (Wildman–Crippen MR) is 76.9 cm³/mol. The van der Waals surface area contributed by atoms with E-state index in [1.807, 2.05) is 32.0 Å². The van der Waals surface area contributed by atoms with Crippen molar-refractivity contribution in [1.82, 2.24) is 4.90 Å². The number of hydrogen-bond acceptors (Lipinski definition) is 2. The van der Waals surface area contributed by atoms with E-state index in [0.29, 0.717) is 19.4 Å². The van der Waals surface area contributed by atoms with Gasteiger partial charge in [-0.1, -0.05) is 18.2 Å². The summed E-state index contributed by atoms with van der Waals surface area (Å²) < 4.78 is 0. The lowest BCUT2D eigenvalue weighted by molar-refractivity contribution is -0.146. The number of carboxylic acid groups (broad SMARTS) is 1. The van der Waals surface area contributed by atoms with Crippen LogP contribution < -0.4 is 5.32 Å². The summed E-state index contributed by atoms with van der Waals surface area (Å²) in [5.41, 5.74) is 1.59. The van der Waals surface area contributed by atoms with Crippen LogP contribution in [0.4, 0.5) is 10.5 Å². The van der Waals surface area contributed by atoms with Gasteiger partial charge < -0.3 is 15.3 Å². The van der Waals surface area contributed by atoms with Crippen LogP contribution in [0.3, 0.4) is 0 Å². The van der Waals surface area contributed by atoms with Gasteiger partial charge in [0.05, 0.1) is 0 Å². The van der Waals surface area contributed by atoms with Crippen molar-refractivity contribution in [1.29, 1.82) is 0 Å². The maximum Gasteiger partial charge on any atom is 0.329 e. The highest BCUT2D eigenvalue weighted by Gasteiger charge is 2.46. The highest BCUT2D eigenvalue weighted by atomic mass is 16.4. The number of hydrogen-bond donors (Lipinski definition) is 2. The van der Waals surface area contributed by atoms with Crippen molar-refractivity contribution in [3.8, 4) is 0 Å². The van der Waals surface area contributed by atoms with Gasteiger partial charge >= 0.3 is 12.0 Å². The second kappa shape index (κ2) is 5.15. The number of para-hydroxylation sites is 1. The Labute approximate surface area is 118 Å². The molecule has 108 valence electrons. The number of aryl methyl sites for hydroxylation is 2. The van der Waals surface area contributed by atoms with E-state index in [2.05, 4.69) is 5.32 Å². The van der Waals surface area contributed by atoms with Crippen LogP contribution in [-0.4, -0.2) is 34.1 Å². The fourth-order valence-electron chi connectivity index (χ4n) is 2.70. The van der Waals surface area contributed by atoms with Crippen molar-refractivity contribution in [2.45, 2.75) is 39.2 Å². The van der Waals surface area contributed by atoms with Crippen LogP contribution in [0, 0.1) is 13.8 Å². The van der Waals surface area contributed by atoms with Crippen molar-refractivity contribution in [2.24, 2.45) is 0 Å². The average Bonchev–Trinajstić information content (AvgIpc) is 2.77. The topological polar surface area (TPSA) is 69.6 Å². The normalized spacial score (nSPS) is 21.9. The van der Waals surface area contributed by atoms with E-state index in [1.165, 1.54) is 4.90 Å². The molecule has 1 aromatic rings. The molecule has 1 aliphatic rings. The number of nitrogens with zero attached hydrogens (tertiary/aromatic N) is 1. The summed E-state index contributed by atoms with van der Waals surface area (Å²) in [7, 11) is 0. The lowest BCUT2D eigenvalue weighted by Gasteiger charge is -2.31. The maximum absolute atomic E-state index is 12.4. The smallest absolute Gasteiger partial charge is 0.329 e. The number of nitrogens with one attached hydrogen (secondary N) is 1. The molecule has 20 heavy (non-hydrogen) atoms. The molecule has 1 aromatic carbocycles. The second-order valence-corrected chi connectivity index (χ2v) is 5.53. The number of carbonyl (C=O) groups excluding carboxylic acids is 1. The summed E-state index contributed by atoms with van der Waals surface area (Å²) in [6.07, 6.45) is 1.20. The van der Waals surface area contributed by atoms with E-state index in [9.17, 15) is 14.7 Å². The number of urea groups is 1. The fraction of sp³-hybridized carbons (Fsp3) is 0.467. The molecule has 2 N–H and O–H groups in total. The number of carbonyl (C=O) groups is 2. The molecule has 0 aromatic heterocycles. The standard InChI is InChI=1S/C15H20N2O3/c1-10-6-4-7-11(2)12(10)16-14(20)17-9-5-8-15(17,3)13(18)19/h4,6-7H,5,8-9H2,1-3H3,(H,16,20)(H,18,19). The van der Waals surface area contributed by atoms with Gasteiger partial charge in [0.25, 0.3) is 0 Å². The van der Waals surface area contributed by atoms with Crippen molar-refractivity contribution in [2.75, 3.05) is 11.9 Å². The zero-order valence-electron chi connectivity index (χ0n) is 12.1. The van der Waals surface area contributed by atoms with Crippen molar-refractivity contribution in [3.05, 3.63) is 29.3 Å². The first-order chi connectivity index (χ1) is 9.36. The fourth-order valence-corrected chi connectivity index (χ4v) is 2.70.